The van der Waals surface area contributed by atoms with Gasteiger partial charge in [0.25, 0.3) is 14.1 Å². The van der Waals surface area contributed by atoms with Crippen LogP contribution in [-0.4, -0.2) is 79.2 Å². The van der Waals surface area contributed by atoms with Crippen molar-refractivity contribution in [1.82, 2.24) is 14.2 Å². The molecule has 0 radical (unpaired) electrons. The summed E-state index contributed by atoms with van der Waals surface area (Å²) in [5.74, 6) is 0.0126. The first-order chi connectivity index (χ1) is 22.0. The monoisotopic (exact) mass is 692 g/mol. The van der Waals surface area contributed by atoms with Gasteiger partial charge in [0.05, 0.1) is 31.8 Å². The third-order valence-electron chi connectivity index (χ3n) is 8.23. The number of H-pyrrole nitrogens is 1. The van der Waals surface area contributed by atoms with E-state index in [1.807, 2.05) is 27.7 Å². The fourth-order valence-corrected chi connectivity index (χ4v) is 7.88. The zero-order chi connectivity index (χ0) is 35.1. The largest absolute Gasteiger partial charge is 0.497 e. The smallest absolute Gasteiger partial charge is 0.338 e. The molecule has 3 rings (SSSR count). The Hall–Kier alpha value is -2.89. The number of methoxy groups -OCH3 is 1. The highest BCUT2D eigenvalue weighted by atomic mass is 31.2. The Morgan fingerprint density at radius 1 is 1.11 bits per heavy atom. The van der Waals surface area contributed by atoms with Crippen molar-refractivity contribution in [3.8, 4) is 11.8 Å². The van der Waals surface area contributed by atoms with Crippen LogP contribution in [0.25, 0.3) is 0 Å². The lowest BCUT2D eigenvalue weighted by Crippen LogP contribution is -2.50. The van der Waals surface area contributed by atoms with E-state index >= 15 is 0 Å². The second-order valence-electron chi connectivity index (χ2n) is 13.4. The van der Waals surface area contributed by atoms with Gasteiger partial charge in [0.2, 0.25) is 0 Å². The van der Waals surface area contributed by atoms with E-state index in [1.165, 1.54) is 23.9 Å². The van der Waals surface area contributed by atoms with E-state index in [0.29, 0.717) is 11.3 Å². The maximum absolute atomic E-state index is 13.1. The maximum Gasteiger partial charge on any atom is 0.338 e. The molecule has 2 aromatic rings. The third-order valence-corrected chi connectivity index (χ3v) is 14.8. The minimum atomic E-state index is -2.56. The Labute approximate surface area is 279 Å². The standard InChI is InChI=1S/C32H49N4O9PSi/c1-21(2)36(22(3)4)46(42-19-11-17-33)44-27-25(20-41-30(38)23-12-14-24(40-8)15-13-23)43-29(35-18-16-26(37)34-31(35)39)28(27)45-47(9,10)32(5,6)7/h12-16,18,21-22,25,27-29H,11,19-20H2,1-10H3,(H,34,37,39)/t25-,27+,28?,29-,46?/m1/s1. The summed E-state index contributed by atoms with van der Waals surface area (Å²) in [6.45, 7) is 18.5. The summed E-state index contributed by atoms with van der Waals surface area (Å²) >= 11 is 0. The van der Waals surface area contributed by atoms with Crippen LogP contribution < -0.4 is 16.0 Å². The maximum atomic E-state index is 13.1. The number of esters is 1. The first-order valence-electron chi connectivity index (χ1n) is 15.7. The summed E-state index contributed by atoms with van der Waals surface area (Å²) in [6.07, 6.45) is -2.17. The molecule has 0 amide bonds. The number of nitrogens with one attached hydrogen (secondary N) is 1. The number of benzene rings is 1. The van der Waals surface area contributed by atoms with Crippen molar-refractivity contribution in [2.75, 3.05) is 20.3 Å². The van der Waals surface area contributed by atoms with Crippen molar-refractivity contribution >= 4 is 22.8 Å². The molecule has 0 bridgehead atoms. The molecule has 1 aliphatic rings. The first kappa shape index (κ1) is 38.6. The number of ether oxygens (including phenoxy) is 3. The van der Waals surface area contributed by atoms with Crippen LogP contribution in [-0.2, 0) is 22.9 Å². The van der Waals surface area contributed by atoms with E-state index < -0.39 is 58.6 Å². The van der Waals surface area contributed by atoms with Crippen LogP contribution in [0.1, 0.15) is 71.5 Å². The van der Waals surface area contributed by atoms with E-state index in [4.69, 9.17) is 27.7 Å². The number of rotatable bonds is 15. The molecule has 1 aromatic heterocycles. The molecule has 260 valence electrons. The predicted octanol–water partition coefficient (Wildman–Crippen LogP) is 5.35. The van der Waals surface area contributed by atoms with Gasteiger partial charge in [-0.05, 0) is 70.1 Å². The van der Waals surface area contributed by atoms with Crippen LogP contribution in [0.15, 0.2) is 46.1 Å². The molecule has 0 saturated carbocycles. The molecule has 2 heterocycles. The van der Waals surface area contributed by atoms with Crippen molar-refractivity contribution in [2.24, 2.45) is 0 Å². The predicted molar refractivity (Wildman–Crippen MR) is 181 cm³/mol. The molecule has 1 aromatic carbocycles. The van der Waals surface area contributed by atoms with Gasteiger partial charge in [-0.15, -0.1) is 0 Å². The van der Waals surface area contributed by atoms with Gasteiger partial charge in [-0.25, -0.2) is 14.3 Å². The zero-order valence-corrected chi connectivity index (χ0v) is 30.9. The van der Waals surface area contributed by atoms with Gasteiger partial charge in [-0.3, -0.25) is 14.3 Å². The molecular formula is C32H49N4O9PSi. The lowest BCUT2D eigenvalue weighted by Gasteiger charge is -2.42. The Morgan fingerprint density at radius 3 is 2.28 bits per heavy atom. The van der Waals surface area contributed by atoms with Gasteiger partial charge in [-0.2, -0.15) is 5.26 Å². The van der Waals surface area contributed by atoms with Crippen molar-refractivity contribution in [3.05, 3.63) is 62.9 Å². The Kier molecular flexibility index (Phi) is 13.5. The molecule has 5 atom stereocenters. The molecule has 1 saturated heterocycles. The summed E-state index contributed by atoms with van der Waals surface area (Å²) in [6, 6.07) is 9.88. The highest BCUT2D eigenvalue weighted by Gasteiger charge is 2.53. The Bertz CT molecular complexity index is 1480. The highest BCUT2D eigenvalue weighted by molar-refractivity contribution is 7.44. The van der Waals surface area contributed by atoms with Gasteiger partial charge >= 0.3 is 11.7 Å². The fourth-order valence-electron chi connectivity index (χ4n) is 4.83. The van der Waals surface area contributed by atoms with Gasteiger partial charge in [-0.1, -0.05) is 20.8 Å². The third kappa shape index (κ3) is 9.82. The zero-order valence-electron chi connectivity index (χ0n) is 29.0. The van der Waals surface area contributed by atoms with E-state index in [0.717, 1.165) is 0 Å². The summed E-state index contributed by atoms with van der Waals surface area (Å²) < 4.78 is 40.9. The van der Waals surface area contributed by atoms with Gasteiger partial charge in [0, 0.05) is 24.3 Å². The first-order valence-corrected chi connectivity index (χ1v) is 19.8. The molecule has 0 aliphatic carbocycles. The number of carbonyl (C=O) groups is 1. The molecular weight excluding hydrogens is 643 g/mol. The van der Waals surface area contributed by atoms with Crippen LogP contribution in [0.2, 0.25) is 18.1 Å². The second-order valence-corrected chi connectivity index (χ2v) is 19.5. The molecule has 1 fully saturated rings. The average molecular weight is 693 g/mol. The summed E-state index contributed by atoms with van der Waals surface area (Å²) in [5, 5.41) is 9.00. The molecule has 2 unspecified atom stereocenters. The average Bonchev–Trinajstić information content (AvgIpc) is 3.30. The quantitative estimate of drug-likeness (QED) is 0.111. The van der Waals surface area contributed by atoms with Crippen LogP contribution in [0.4, 0.5) is 0 Å². The minimum absolute atomic E-state index is 0.00856. The van der Waals surface area contributed by atoms with E-state index in [2.05, 4.69) is 49.6 Å². The number of aromatic nitrogens is 2. The van der Waals surface area contributed by atoms with Crippen molar-refractivity contribution < 1.29 is 32.5 Å². The Balaban J connectivity index is 2.11. The normalized spacial score (nSPS) is 20.9. The van der Waals surface area contributed by atoms with Crippen molar-refractivity contribution in [1.29, 1.82) is 5.26 Å². The SMILES string of the molecule is COc1ccc(C(=O)OC[C@H]2O[C@@H](n3ccc(=O)[nH]c3=O)C(O[Si](C)(C)C(C)(C)C)[C@H]2OP(OCCC#N)N(C(C)C)C(C)C)cc1. The minimum Gasteiger partial charge on any atom is -0.497 e. The van der Waals surface area contributed by atoms with Crippen molar-refractivity contribution in [2.45, 2.75) is 110 Å². The van der Waals surface area contributed by atoms with E-state index in [1.54, 1.807) is 24.3 Å². The summed E-state index contributed by atoms with van der Waals surface area (Å²) in [5.41, 5.74) is -0.918. The Morgan fingerprint density at radius 2 is 1.74 bits per heavy atom. The van der Waals surface area contributed by atoms with E-state index in [9.17, 15) is 19.6 Å². The van der Waals surface area contributed by atoms with E-state index in [-0.39, 0.29) is 36.8 Å². The second kappa shape index (κ2) is 16.5. The molecule has 47 heavy (non-hydrogen) atoms. The van der Waals surface area contributed by atoms with Gasteiger partial charge < -0.3 is 27.7 Å². The van der Waals surface area contributed by atoms with Gasteiger partial charge in [0.15, 0.2) is 14.5 Å². The number of carbonyl (C=O) groups excluding carboxylic acids is 1. The van der Waals surface area contributed by atoms with Crippen LogP contribution in [0, 0.1) is 11.3 Å². The lowest BCUT2D eigenvalue weighted by atomic mass is 10.1. The summed E-state index contributed by atoms with van der Waals surface area (Å²) in [4.78, 5) is 40.5. The number of hydrogen-bond acceptors (Lipinski definition) is 11. The number of hydrogen-bond donors (Lipinski definition) is 1. The topological polar surface area (TPSA) is 154 Å². The molecule has 13 nitrogen and oxygen atoms in total. The number of nitriles is 1. The molecule has 1 N–H and O–H groups in total. The fraction of sp³-hybridized carbons (Fsp3) is 0.625. The van der Waals surface area contributed by atoms with Crippen LogP contribution >= 0.6 is 8.53 Å². The molecule has 15 heteroatoms. The highest BCUT2D eigenvalue weighted by Crippen LogP contribution is 2.51. The molecule has 1 aliphatic heterocycles. The van der Waals surface area contributed by atoms with Crippen LogP contribution in [0.3, 0.4) is 0 Å². The number of aromatic amines is 1. The summed E-state index contributed by atoms with van der Waals surface area (Å²) in [7, 11) is -2.81. The lowest BCUT2D eigenvalue weighted by molar-refractivity contribution is -0.0581. The van der Waals surface area contributed by atoms with Crippen LogP contribution in [0.5, 0.6) is 5.75 Å². The van der Waals surface area contributed by atoms with Crippen molar-refractivity contribution in [3.63, 3.8) is 0 Å². The van der Waals surface area contributed by atoms with Gasteiger partial charge in [0.1, 0.15) is 30.7 Å². The number of nitrogens with zero attached hydrogens (tertiary/aromatic N) is 3. The molecule has 0 spiro atoms.